The fraction of sp³-hybridized carbons (Fsp3) is 0.722. The second-order valence-corrected chi connectivity index (χ2v) is 7.08. The second-order valence-electron chi connectivity index (χ2n) is 7.08. The summed E-state index contributed by atoms with van der Waals surface area (Å²) in [6, 6.07) is 0.0656. The molecule has 0 spiro atoms. The van der Waals surface area contributed by atoms with E-state index in [0.717, 1.165) is 38.6 Å². The molecular formula is C18H28N4O3. The molecule has 138 valence electrons. The average Bonchev–Trinajstić information content (AvgIpc) is 2.64. The van der Waals surface area contributed by atoms with Crippen molar-refractivity contribution >= 4 is 11.7 Å². The predicted molar refractivity (Wildman–Crippen MR) is 95.6 cm³/mol. The van der Waals surface area contributed by atoms with Gasteiger partial charge >= 0.3 is 0 Å². The van der Waals surface area contributed by atoms with E-state index in [1.54, 1.807) is 19.4 Å². The Hall–Kier alpha value is -1.89. The number of nitrogens with zero attached hydrogens (tertiary/aromatic N) is 3. The highest BCUT2D eigenvalue weighted by Crippen LogP contribution is 2.23. The van der Waals surface area contributed by atoms with Crippen molar-refractivity contribution in [1.82, 2.24) is 14.9 Å². The molecule has 7 nitrogen and oxygen atoms in total. The van der Waals surface area contributed by atoms with Crippen LogP contribution in [-0.2, 0) is 16.6 Å². The van der Waals surface area contributed by atoms with Gasteiger partial charge < -0.3 is 19.5 Å². The molecule has 0 unspecified atom stereocenters. The summed E-state index contributed by atoms with van der Waals surface area (Å²) in [5.41, 5.74) is -0.0929. The zero-order valence-corrected chi connectivity index (χ0v) is 15.1. The Morgan fingerprint density at radius 2 is 2.28 bits per heavy atom. The number of aromatic nitrogens is 2. The van der Waals surface area contributed by atoms with Gasteiger partial charge in [0.25, 0.3) is 5.56 Å². The molecule has 2 saturated heterocycles. The van der Waals surface area contributed by atoms with Crippen LogP contribution >= 0.6 is 0 Å². The third-order valence-corrected chi connectivity index (χ3v) is 5.26. The van der Waals surface area contributed by atoms with Gasteiger partial charge in [-0.05, 0) is 32.1 Å². The van der Waals surface area contributed by atoms with E-state index < -0.39 is 0 Å². The molecule has 3 rings (SSSR count). The number of carbonyl (C=O) groups is 1. The lowest BCUT2D eigenvalue weighted by Crippen LogP contribution is -2.51. The van der Waals surface area contributed by atoms with E-state index in [1.165, 1.54) is 4.57 Å². The zero-order valence-electron chi connectivity index (χ0n) is 15.1. The van der Waals surface area contributed by atoms with Gasteiger partial charge in [0.2, 0.25) is 5.91 Å². The number of aryl methyl sites for hydroxylation is 1. The molecule has 3 atom stereocenters. The van der Waals surface area contributed by atoms with Crippen LogP contribution < -0.4 is 15.8 Å². The van der Waals surface area contributed by atoms with Gasteiger partial charge in [-0.1, -0.05) is 6.92 Å². The molecule has 0 radical (unpaired) electrons. The molecule has 0 aromatic carbocycles. The molecule has 3 heterocycles. The highest BCUT2D eigenvalue weighted by molar-refractivity contribution is 5.79. The SMILES string of the molecule is CC[C@@H]1C[C@@H](C(=O)N[C@@H]2CCCN(c3nccn(C)c3=O)C2)CCO1. The van der Waals surface area contributed by atoms with Gasteiger partial charge in [-0.25, -0.2) is 4.98 Å². The van der Waals surface area contributed by atoms with Gasteiger partial charge in [0.05, 0.1) is 6.10 Å². The van der Waals surface area contributed by atoms with E-state index in [2.05, 4.69) is 17.2 Å². The second kappa shape index (κ2) is 7.99. The first-order chi connectivity index (χ1) is 12.1. The molecule has 1 aromatic rings. The molecule has 25 heavy (non-hydrogen) atoms. The summed E-state index contributed by atoms with van der Waals surface area (Å²) in [5.74, 6) is 0.639. The zero-order chi connectivity index (χ0) is 17.8. The number of carbonyl (C=O) groups excluding carboxylic acids is 1. The Balaban J connectivity index is 1.61. The lowest BCUT2D eigenvalue weighted by molar-refractivity contribution is -0.130. The monoisotopic (exact) mass is 348 g/mol. The van der Waals surface area contributed by atoms with E-state index in [0.29, 0.717) is 19.0 Å². The molecule has 0 aliphatic carbocycles. The summed E-state index contributed by atoms with van der Waals surface area (Å²) in [5, 5.41) is 3.19. The van der Waals surface area contributed by atoms with Gasteiger partial charge in [-0.2, -0.15) is 0 Å². The topological polar surface area (TPSA) is 76.5 Å². The summed E-state index contributed by atoms with van der Waals surface area (Å²) in [7, 11) is 1.73. The minimum atomic E-state index is -0.0929. The first-order valence-electron chi connectivity index (χ1n) is 9.27. The van der Waals surface area contributed by atoms with Gasteiger partial charge in [0.1, 0.15) is 0 Å². The Kier molecular flexibility index (Phi) is 5.73. The molecule has 1 amide bonds. The molecule has 0 saturated carbocycles. The van der Waals surface area contributed by atoms with Crippen molar-refractivity contribution in [2.75, 3.05) is 24.6 Å². The largest absolute Gasteiger partial charge is 0.378 e. The van der Waals surface area contributed by atoms with Gasteiger partial charge in [-0.15, -0.1) is 0 Å². The number of ether oxygens (including phenoxy) is 1. The van der Waals surface area contributed by atoms with Crippen LogP contribution in [0.2, 0.25) is 0 Å². The highest BCUT2D eigenvalue weighted by atomic mass is 16.5. The van der Waals surface area contributed by atoms with E-state index in [4.69, 9.17) is 4.74 Å². The smallest absolute Gasteiger partial charge is 0.293 e. The third-order valence-electron chi connectivity index (χ3n) is 5.26. The van der Waals surface area contributed by atoms with Crippen molar-refractivity contribution in [1.29, 1.82) is 0 Å². The molecule has 1 aromatic heterocycles. The van der Waals surface area contributed by atoms with Gasteiger partial charge in [0, 0.05) is 51.1 Å². The van der Waals surface area contributed by atoms with E-state index in [9.17, 15) is 9.59 Å². The van der Waals surface area contributed by atoms with Crippen molar-refractivity contribution in [3.8, 4) is 0 Å². The van der Waals surface area contributed by atoms with Crippen molar-refractivity contribution in [3.63, 3.8) is 0 Å². The van der Waals surface area contributed by atoms with Gasteiger partial charge in [0.15, 0.2) is 5.82 Å². The lowest BCUT2D eigenvalue weighted by Gasteiger charge is -2.35. The van der Waals surface area contributed by atoms with Crippen molar-refractivity contribution in [2.45, 2.75) is 51.2 Å². The van der Waals surface area contributed by atoms with Crippen molar-refractivity contribution in [3.05, 3.63) is 22.7 Å². The fourth-order valence-electron chi connectivity index (χ4n) is 3.71. The van der Waals surface area contributed by atoms with Crippen LogP contribution in [0.5, 0.6) is 0 Å². The Morgan fingerprint density at radius 3 is 3.08 bits per heavy atom. The van der Waals surface area contributed by atoms with Crippen molar-refractivity contribution < 1.29 is 9.53 Å². The normalized spacial score (nSPS) is 27.1. The number of anilines is 1. The molecule has 1 N–H and O–H groups in total. The quantitative estimate of drug-likeness (QED) is 0.881. The van der Waals surface area contributed by atoms with Crippen LogP contribution in [0.4, 0.5) is 5.82 Å². The summed E-state index contributed by atoms with van der Waals surface area (Å²) >= 11 is 0. The van der Waals surface area contributed by atoms with Crippen molar-refractivity contribution in [2.24, 2.45) is 13.0 Å². The Labute approximate surface area is 148 Å². The molecular weight excluding hydrogens is 320 g/mol. The van der Waals surface area contributed by atoms with E-state index >= 15 is 0 Å². The number of rotatable bonds is 4. The lowest BCUT2D eigenvalue weighted by atomic mass is 9.93. The van der Waals surface area contributed by atoms with Crippen LogP contribution in [0, 0.1) is 5.92 Å². The highest BCUT2D eigenvalue weighted by Gasteiger charge is 2.30. The number of nitrogens with one attached hydrogen (secondary N) is 1. The summed E-state index contributed by atoms with van der Waals surface area (Å²) in [6.07, 6.45) is 7.93. The van der Waals surface area contributed by atoms with Crippen LogP contribution in [0.3, 0.4) is 0 Å². The number of hydrogen-bond acceptors (Lipinski definition) is 5. The third kappa shape index (κ3) is 4.21. The minimum absolute atomic E-state index is 0.0387. The number of piperidine rings is 1. The molecule has 7 heteroatoms. The minimum Gasteiger partial charge on any atom is -0.378 e. The maximum atomic E-state index is 12.6. The predicted octanol–water partition coefficient (Wildman–Crippen LogP) is 1.07. The van der Waals surface area contributed by atoms with Gasteiger partial charge in [-0.3, -0.25) is 9.59 Å². The molecule has 2 fully saturated rings. The number of amides is 1. The maximum absolute atomic E-state index is 12.6. The van der Waals surface area contributed by atoms with E-state index in [-0.39, 0.29) is 29.5 Å². The van der Waals surface area contributed by atoms with Crippen LogP contribution in [0.1, 0.15) is 39.0 Å². The first-order valence-corrected chi connectivity index (χ1v) is 9.27. The Morgan fingerprint density at radius 1 is 1.44 bits per heavy atom. The van der Waals surface area contributed by atoms with Crippen LogP contribution in [-0.4, -0.2) is 47.3 Å². The molecule has 0 bridgehead atoms. The Bertz CT molecular complexity index is 660. The fourth-order valence-corrected chi connectivity index (χ4v) is 3.71. The average molecular weight is 348 g/mol. The van der Waals surface area contributed by atoms with Crippen LogP contribution in [0.15, 0.2) is 17.2 Å². The summed E-state index contributed by atoms with van der Waals surface area (Å²) in [6.45, 7) is 4.20. The number of hydrogen-bond donors (Lipinski definition) is 1. The first kappa shape index (κ1) is 17.9. The summed E-state index contributed by atoms with van der Waals surface area (Å²) < 4.78 is 7.20. The standard InChI is InChI=1S/C18H28N4O3/c1-3-15-11-13(6-10-25-15)17(23)20-14-5-4-8-22(12-14)16-18(24)21(2)9-7-19-16/h7,9,13-15H,3-6,8,10-12H2,1-2H3,(H,20,23)/t13-,14+,15+/m0/s1. The van der Waals surface area contributed by atoms with E-state index in [1.807, 2.05) is 4.90 Å². The molecule has 2 aliphatic heterocycles. The summed E-state index contributed by atoms with van der Waals surface area (Å²) in [4.78, 5) is 31.1. The maximum Gasteiger partial charge on any atom is 0.293 e. The van der Waals surface area contributed by atoms with Crippen LogP contribution in [0.25, 0.3) is 0 Å². The molecule has 2 aliphatic rings.